The van der Waals surface area contributed by atoms with Crippen molar-refractivity contribution >= 4 is 5.91 Å². The van der Waals surface area contributed by atoms with E-state index in [4.69, 9.17) is 15.2 Å². The maximum Gasteiger partial charge on any atom is 0.255 e. The molecule has 1 heterocycles. The highest BCUT2D eigenvalue weighted by molar-refractivity contribution is 5.75. The number of ether oxygens (including phenoxy) is 2. The molecule has 156 valence electrons. The van der Waals surface area contributed by atoms with E-state index in [1.165, 1.54) is 42.4 Å². The molecule has 1 saturated heterocycles. The van der Waals surface area contributed by atoms with Crippen LogP contribution in [0.25, 0.3) is 0 Å². The van der Waals surface area contributed by atoms with Gasteiger partial charge in [0.05, 0.1) is 6.61 Å². The number of amides is 1. The monoisotopic (exact) mass is 396 g/mol. The second kappa shape index (κ2) is 10.3. The first-order chi connectivity index (χ1) is 14.1. The van der Waals surface area contributed by atoms with Crippen LogP contribution in [0.2, 0.25) is 0 Å². The van der Waals surface area contributed by atoms with Crippen LogP contribution in [0.4, 0.5) is 0 Å². The fraction of sp³-hybridized carbons (Fsp3) is 0.458. The fourth-order valence-corrected chi connectivity index (χ4v) is 4.03. The van der Waals surface area contributed by atoms with Gasteiger partial charge in [-0.2, -0.15) is 0 Å². The van der Waals surface area contributed by atoms with Crippen molar-refractivity contribution in [3.05, 3.63) is 59.2 Å². The number of benzene rings is 2. The first kappa shape index (κ1) is 21.2. The Morgan fingerprint density at radius 1 is 1.10 bits per heavy atom. The minimum Gasteiger partial charge on any atom is -0.490 e. The van der Waals surface area contributed by atoms with Crippen LogP contribution in [0, 0.1) is 6.92 Å². The first-order valence-electron chi connectivity index (χ1n) is 10.5. The summed E-state index contributed by atoms with van der Waals surface area (Å²) >= 11 is 0. The van der Waals surface area contributed by atoms with Crippen molar-refractivity contribution in [1.82, 2.24) is 4.90 Å². The Labute approximate surface area is 173 Å². The minimum absolute atomic E-state index is 0.152. The van der Waals surface area contributed by atoms with Crippen LogP contribution in [-0.2, 0) is 11.3 Å². The molecule has 2 N–H and O–H groups in total. The number of likely N-dealkylation sites (tertiary alicyclic amines) is 1. The Bertz CT molecular complexity index is 822. The maximum absolute atomic E-state index is 11.0. The number of primary amides is 1. The summed E-state index contributed by atoms with van der Waals surface area (Å²) in [5.74, 6) is 0.718. The van der Waals surface area contributed by atoms with Crippen LogP contribution in [0.3, 0.4) is 0 Å². The molecule has 0 aliphatic carbocycles. The molecule has 5 nitrogen and oxygen atoms in total. The first-order valence-corrected chi connectivity index (χ1v) is 10.5. The third-order valence-electron chi connectivity index (χ3n) is 5.35. The van der Waals surface area contributed by atoms with Crippen LogP contribution in [-0.4, -0.2) is 30.6 Å². The molecule has 2 aromatic rings. The Morgan fingerprint density at radius 2 is 1.97 bits per heavy atom. The topological polar surface area (TPSA) is 64.8 Å². The van der Waals surface area contributed by atoms with Gasteiger partial charge < -0.3 is 15.2 Å². The van der Waals surface area contributed by atoms with Crippen molar-refractivity contribution in [2.24, 2.45) is 5.73 Å². The third-order valence-corrected chi connectivity index (χ3v) is 5.35. The molecule has 1 aliphatic rings. The van der Waals surface area contributed by atoms with Gasteiger partial charge in [-0.05, 0) is 56.5 Å². The lowest BCUT2D eigenvalue weighted by Gasteiger charge is -2.31. The molecule has 3 rings (SSSR count). The Hall–Kier alpha value is -2.53. The average molecular weight is 397 g/mol. The van der Waals surface area contributed by atoms with Gasteiger partial charge in [0.15, 0.2) is 18.1 Å². The standard InChI is InChI=1S/C24H32N2O3/c1-3-28-23-15-19(11-12-22(23)29-17-24(25)27)16-26-13-6-4-5-10-21(26)20-9-7-8-18(2)14-20/h7-9,11-12,14-15,21H,3-6,10,13,16-17H2,1-2H3,(H2,25,27)/t21-/m0/s1. The van der Waals surface area contributed by atoms with E-state index in [1.807, 2.05) is 19.1 Å². The molecule has 1 fully saturated rings. The summed E-state index contributed by atoms with van der Waals surface area (Å²) in [7, 11) is 0. The SMILES string of the molecule is CCOc1cc(CN2CCCCC[C@H]2c2cccc(C)c2)ccc1OCC(N)=O. The number of rotatable bonds is 8. The number of nitrogens with zero attached hydrogens (tertiary/aromatic N) is 1. The summed E-state index contributed by atoms with van der Waals surface area (Å²) in [6.45, 7) is 6.42. The van der Waals surface area contributed by atoms with E-state index in [1.54, 1.807) is 0 Å². The van der Waals surface area contributed by atoms with Crippen molar-refractivity contribution in [3.8, 4) is 11.5 Å². The zero-order valence-corrected chi connectivity index (χ0v) is 17.5. The lowest BCUT2D eigenvalue weighted by Crippen LogP contribution is -2.28. The summed E-state index contributed by atoms with van der Waals surface area (Å²) in [5, 5.41) is 0. The zero-order chi connectivity index (χ0) is 20.6. The number of hydrogen-bond acceptors (Lipinski definition) is 4. The summed E-state index contributed by atoms with van der Waals surface area (Å²) in [6.07, 6.45) is 4.95. The van der Waals surface area contributed by atoms with Gasteiger partial charge in [-0.15, -0.1) is 0 Å². The van der Waals surface area contributed by atoms with Crippen molar-refractivity contribution in [1.29, 1.82) is 0 Å². The predicted octanol–water partition coefficient (Wildman–Crippen LogP) is 4.38. The van der Waals surface area contributed by atoms with Crippen LogP contribution in [0.15, 0.2) is 42.5 Å². The molecule has 1 atom stereocenters. The lowest BCUT2D eigenvalue weighted by atomic mass is 9.98. The van der Waals surface area contributed by atoms with E-state index in [0.29, 0.717) is 24.1 Å². The second-order valence-electron chi connectivity index (χ2n) is 7.72. The molecule has 0 aromatic heterocycles. The van der Waals surface area contributed by atoms with Crippen molar-refractivity contribution < 1.29 is 14.3 Å². The van der Waals surface area contributed by atoms with E-state index in [-0.39, 0.29) is 6.61 Å². The molecule has 1 amide bonds. The average Bonchev–Trinajstić information content (AvgIpc) is 2.93. The highest BCUT2D eigenvalue weighted by Gasteiger charge is 2.23. The van der Waals surface area contributed by atoms with Gasteiger partial charge in [0, 0.05) is 12.6 Å². The van der Waals surface area contributed by atoms with Gasteiger partial charge in [0.2, 0.25) is 0 Å². The highest BCUT2D eigenvalue weighted by atomic mass is 16.5. The predicted molar refractivity (Wildman–Crippen MR) is 115 cm³/mol. The molecule has 0 spiro atoms. The molecule has 0 bridgehead atoms. The number of hydrogen-bond donors (Lipinski definition) is 1. The normalized spacial score (nSPS) is 17.5. The molecule has 5 heteroatoms. The van der Waals surface area contributed by atoms with Crippen LogP contribution >= 0.6 is 0 Å². The Morgan fingerprint density at radius 3 is 2.72 bits per heavy atom. The third kappa shape index (κ3) is 5.97. The van der Waals surface area contributed by atoms with Gasteiger partial charge in [0.1, 0.15) is 0 Å². The van der Waals surface area contributed by atoms with E-state index < -0.39 is 5.91 Å². The van der Waals surface area contributed by atoms with Gasteiger partial charge in [-0.3, -0.25) is 9.69 Å². The van der Waals surface area contributed by atoms with E-state index >= 15 is 0 Å². The van der Waals surface area contributed by atoms with E-state index in [9.17, 15) is 4.79 Å². The summed E-state index contributed by atoms with van der Waals surface area (Å²) < 4.78 is 11.3. The highest BCUT2D eigenvalue weighted by Crippen LogP contribution is 2.34. The number of carbonyl (C=O) groups excluding carboxylic acids is 1. The Kier molecular flexibility index (Phi) is 7.53. The van der Waals surface area contributed by atoms with Gasteiger partial charge in [-0.25, -0.2) is 0 Å². The van der Waals surface area contributed by atoms with Crippen molar-refractivity contribution in [2.45, 2.75) is 52.1 Å². The number of carbonyl (C=O) groups is 1. The Balaban J connectivity index is 1.81. The maximum atomic E-state index is 11.0. The van der Waals surface area contributed by atoms with Crippen LogP contribution in [0.5, 0.6) is 11.5 Å². The van der Waals surface area contributed by atoms with E-state index in [2.05, 4.69) is 42.2 Å². The zero-order valence-electron chi connectivity index (χ0n) is 17.5. The minimum atomic E-state index is -0.498. The van der Waals surface area contributed by atoms with Gasteiger partial charge in [-0.1, -0.05) is 48.7 Å². The summed E-state index contributed by atoms with van der Waals surface area (Å²) in [4.78, 5) is 13.6. The van der Waals surface area contributed by atoms with Crippen LogP contribution < -0.4 is 15.2 Å². The van der Waals surface area contributed by atoms with Crippen molar-refractivity contribution in [2.75, 3.05) is 19.8 Å². The second-order valence-corrected chi connectivity index (χ2v) is 7.72. The summed E-state index contributed by atoms with van der Waals surface area (Å²) in [5.41, 5.74) is 9.09. The smallest absolute Gasteiger partial charge is 0.255 e. The fourth-order valence-electron chi connectivity index (χ4n) is 4.03. The molecular weight excluding hydrogens is 364 g/mol. The molecule has 0 unspecified atom stereocenters. The quantitative estimate of drug-likeness (QED) is 0.719. The van der Waals surface area contributed by atoms with E-state index in [0.717, 1.165) is 13.1 Å². The summed E-state index contributed by atoms with van der Waals surface area (Å²) in [6, 6.07) is 15.3. The van der Waals surface area contributed by atoms with Crippen LogP contribution in [0.1, 0.15) is 55.3 Å². The number of nitrogens with two attached hydrogens (primary N) is 1. The number of aryl methyl sites for hydroxylation is 1. The molecule has 0 radical (unpaired) electrons. The molecule has 2 aromatic carbocycles. The molecule has 1 aliphatic heterocycles. The van der Waals surface area contributed by atoms with Gasteiger partial charge in [0.25, 0.3) is 5.91 Å². The van der Waals surface area contributed by atoms with Crippen molar-refractivity contribution in [3.63, 3.8) is 0 Å². The largest absolute Gasteiger partial charge is 0.490 e. The lowest BCUT2D eigenvalue weighted by molar-refractivity contribution is -0.119. The van der Waals surface area contributed by atoms with Gasteiger partial charge >= 0.3 is 0 Å². The molecule has 29 heavy (non-hydrogen) atoms. The molecule has 0 saturated carbocycles. The molecular formula is C24H32N2O3.